The van der Waals surface area contributed by atoms with Crippen molar-refractivity contribution in [3.05, 3.63) is 35.4 Å². The van der Waals surface area contributed by atoms with Crippen LogP contribution in [-0.2, 0) is 11.0 Å². The Kier molecular flexibility index (Phi) is 4.56. The predicted octanol–water partition coefficient (Wildman–Crippen LogP) is 2.55. The molecule has 0 aliphatic heterocycles. The van der Waals surface area contributed by atoms with E-state index in [2.05, 4.69) is 5.32 Å². The topological polar surface area (TPSA) is 49.3 Å². The molecule has 1 amide bonds. The second kappa shape index (κ2) is 6.05. The summed E-state index contributed by atoms with van der Waals surface area (Å²) in [5, 5.41) is 11.6. The first-order valence-corrected chi connectivity index (χ1v) is 6.89. The van der Waals surface area contributed by atoms with Gasteiger partial charge < -0.3 is 10.4 Å². The van der Waals surface area contributed by atoms with Gasteiger partial charge in [-0.3, -0.25) is 4.79 Å². The number of halogens is 3. The van der Waals surface area contributed by atoms with E-state index in [1.54, 1.807) is 13.0 Å². The third-order valence-electron chi connectivity index (χ3n) is 3.73. The molecule has 0 aromatic heterocycles. The van der Waals surface area contributed by atoms with Gasteiger partial charge in [0, 0.05) is 19.1 Å². The first-order chi connectivity index (χ1) is 9.84. The summed E-state index contributed by atoms with van der Waals surface area (Å²) < 4.78 is 38.8. The smallest absolute Gasteiger partial charge is 0.396 e. The monoisotopic (exact) mass is 301 g/mol. The van der Waals surface area contributed by atoms with E-state index in [0.29, 0.717) is 13.0 Å². The van der Waals surface area contributed by atoms with Gasteiger partial charge in [-0.05, 0) is 29.9 Å². The summed E-state index contributed by atoms with van der Waals surface area (Å²) >= 11 is 0. The Morgan fingerprint density at radius 2 is 2.10 bits per heavy atom. The molecule has 1 aromatic rings. The van der Waals surface area contributed by atoms with E-state index in [1.165, 1.54) is 12.1 Å². The molecule has 1 aromatic carbocycles. The van der Waals surface area contributed by atoms with E-state index in [1.807, 2.05) is 0 Å². The van der Waals surface area contributed by atoms with E-state index in [-0.39, 0.29) is 29.9 Å². The van der Waals surface area contributed by atoms with Gasteiger partial charge in [0.2, 0.25) is 5.91 Å². The van der Waals surface area contributed by atoms with Crippen molar-refractivity contribution in [2.45, 2.75) is 25.4 Å². The van der Waals surface area contributed by atoms with E-state index in [4.69, 9.17) is 5.11 Å². The molecule has 0 spiro atoms. The van der Waals surface area contributed by atoms with Crippen molar-refractivity contribution in [1.29, 1.82) is 0 Å². The van der Waals surface area contributed by atoms with Crippen LogP contribution in [0.25, 0.3) is 0 Å². The molecule has 0 saturated heterocycles. The summed E-state index contributed by atoms with van der Waals surface area (Å²) in [5.41, 5.74) is -0.464. The number of alkyl halides is 3. The van der Waals surface area contributed by atoms with Gasteiger partial charge in [-0.25, -0.2) is 0 Å². The molecule has 1 aliphatic carbocycles. The highest BCUT2D eigenvalue weighted by atomic mass is 19.4. The minimum absolute atomic E-state index is 0.0364. The van der Waals surface area contributed by atoms with Gasteiger partial charge in [-0.15, -0.1) is 0 Å². The SMILES string of the molecule is CC(CO)CNC(=O)C1CC1c1ccccc1C(F)(F)F. The molecule has 2 rings (SSSR count). The number of nitrogens with one attached hydrogen (secondary N) is 1. The standard InChI is InChI=1S/C15H18F3NO2/c1-9(8-20)7-19-14(21)12-6-11(12)10-4-2-3-5-13(10)15(16,17)18/h2-5,9,11-12,20H,6-8H2,1H3,(H,19,21). The first-order valence-electron chi connectivity index (χ1n) is 6.89. The van der Waals surface area contributed by atoms with Gasteiger partial charge in [-0.2, -0.15) is 13.2 Å². The van der Waals surface area contributed by atoms with E-state index in [9.17, 15) is 18.0 Å². The van der Waals surface area contributed by atoms with E-state index < -0.39 is 17.7 Å². The Hall–Kier alpha value is -1.56. The third-order valence-corrected chi connectivity index (χ3v) is 3.73. The number of amides is 1. The molecule has 2 N–H and O–H groups in total. The van der Waals surface area contributed by atoms with Crippen molar-refractivity contribution in [2.24, 2.45) is 11.8 Å². The summed E-state index contributed by atoms with van der Waals surface area (Å²) in [4.78, 5) is 11.9. The Balaban J connectivity index is 2.02. The Labute approximate surface area is 121 Å². The van der Waals surface area contributed by atoms with Crippen LogP contribution < -0.4 is 5.32 Å². The number of benzene rings is 1. The molecule has 0 heterocycles. The Morgan fingerprint density at radius 1 is 1.43 bits per heavy atom. The third kappa shape index (κ3) is 3.75. The molecule has 0 bridgehead atoms. The molecule has 3 atom stereocenters. The first kappa shape index (κ1) is 15.8. The number of aliphatic hydroxyl groups excluding tert-OH is 1. The quantitative estimate of drug-likeness (QED) is 0.878. The second-order valence-corrected chi connectivity index (χ2v) is 5.57. The number of carbonyl (C=O) groups excluding carboxylic acids is 1. The highest BCUT2D eigenvalue weighted by molar-refractivity contribution is 5.83. The minimum Gasteiger partial charge on any atom is -0.396 e. The lowest BCUT2D eigenvalue weighted by Crippen LogP contribution is -2.31. The van der Waals surface area contributed by atoms with Crippen LogP contribution in [0.1, 0.15) is 30.4 Å². The maximum atomic E-state index is 12.9. The number of hydrogen-bond donors (Lipinski definition) is 2. The largest absolute Gasteiger partial charge is 0.416 e. The molecule has 1 aliphatic rings. The molecule has 116 valence electrons. The highest BCUT2D eigenvalue weighted by Gasteiger charge is 2.47. The van der Waals surface area contributed by atoms with Crippen molar-refractivity contribution in [3.8, 4) is 0 Å². The average Bonchev–Trinajstić information content (AvgIpc) is 3.23. The number of rotatable bonds is 5. The summed E-state index contributed by atoms with van der Waals surface area (Å²) in [6.07, 6.45) is -3.96. The zero-order chi connectivity index (χ0) is 15.6. The maximum Gasteiger partial charge on any atom is 0.416 e. The summed E-state index contributed by atoms with van der Waals surface area (Å²) in [7, 11) is 0. The van der Waals surface area contributed by atoms with Crippen LogP contribution in [-0.4, -0.2) is 24.2 Å². The molecule has 0 radical (unpaired) electrons. The molecule has 6 heteroatoms. The lowest BCUT2D eigenvalue weighted by molar-refractivity contribution is -0.138. The zero-order valence-electron chi connectivity index (χ0n) is 11.7. The number of hydrogen-bond acceptors (Lipinski definition) is 2. The van der Waals surface area contributed by atoms with Crippen molar-refractivity contribution >= 4 is 5.91 Å². The highest BCUT2D eigenvalue weighted by Crippen LogP contribution is 2.50. The second-order valence-electron chi connectivity index (χ2n) is 5.57. The van der Waals surface area contributed by atoms with Crippen molar-refractivity contribution < 1.29 is 23.1 Å². The Morgan fingerprint density at radius 3 is 2.71 bits per heavy atom. The van der Waals surface area contributed by atoms with Crippen LogP contribution in [0.2, 0.25) is 0 Å². The summed E-state index contributed by atoms with van der Waals surface area (Å²) in [6, 6.07) is 5.41. The van der Waals surface area contributed by atoms with Gasteiger partial charge in [0.15, 0.2) is 0 Å². The minimum atomic E-state index is -4.40. The van der Waals surface area contributed by atoms with Gasteiger partial charge in [-0.1, -0.05) is 25.1 Å². The predicted molar refractivity (Wildman–Crippen MR) is 71.6 cm³/mol. The van der Waals surface area contributed by atoms with Gasteiger partial charge >= 0.3 is 6.18 Å². The molecule has 3 nitrogen and oxygen atoms in total. The fraction of sp³-hybridized carbons (Fsp3) is 0.533. The molecule has 21 heavy (non-hydrogen) atoms. The Bertz CT molecular complexity index is 516. The van der Waals surface area contributed by atoms with Gasteiger partial charge in [0.05, 0.1) is 5.56 Å². The summed E-state index contributed by atoms with van der Waals surface area (Å²) in [5.74, 6) is -1.07. The molecule has 3 unspecified atom stereocenters. The van der Waals surface area contributed by atoms with E-state index in [0.717, 1.165) is 6.07 Å². The van der Waals surface area contributed by atoms with Crippen LogP contribution in [0, 0.1) is 11.8 Å². The molecule has 1 saturated carbocycles. The van der Waals surface area contributed by atoms with Crippen LogP contribution in [0.4, 0.5) is 13.2 Å². The van der Waals surface area contributed by atoms with Crippen LogP contribution >= 0.6 is 0 Å². The number of aliphatic hydroxyl groups is 1. The maximum absolute atomic E-state index is 12.9. The van der Waals surface area contributed by atoms with Crippen LogP contribution in [0.15, 0.2) is 24.3 Å². The lowest BCUT2D eigenvalue weighted by atomic mass is 10.0. The van der Waals surface area contributed by atoms with E-state index >= 15 is 0 Å². The van der Waals surface area contributed by atoms with Crippen molar-refractivity contribution in [3.63, 3.8) is 0 Å². The van der Waals surface area contributed by atoms with Crippen LogP contribution in [0.3, 0.4) is 0 Å². The summed E-state index contributed by atoms with van der Waals surface area (Å²) in [6.45, 7) is 2.08. The van der Waals surface area contributed by atoms with Crippen LogP contribution in [0.5, 0.6) is 0 Å². The zero-order valence-corrected chi connectivity index (χ0v) is 11.7. The van der Waals surface area contributed by atoms with Gasteiger partial charge in [0.25, 0.3) is 0 Å². The number of carbonyl (C=O) groups is 1. The van der Waals surface area contributed by atoms with Gasteiger partial charge in [0.1, 0.15) is 0 Å². The fourth-order valence-electron chi connectivity index (χ4n) is 2.38. The van der Waals surface area contributed by atoms with Crippen molar-refractivity contribution in [1.82, 2.24) is 5.32 Å². The average molecular weight is 301 g/mol. The molecular weight excluding hydrogens is 283 g/mol. The lowest BCUT2D eigenvalue weighted by Gasteiger charge is -2.13. The fourth-order valence-corrected chi connectivity index (χ4v) is 2.38. The molecular formula is C15H18F3NO2. The van der Waals surface area contributed by atoms with Crippen molar-refractivity contribution in [2.75, 3.05) is 13.2 Å². The molecule has 1 fully saturated rings. The normalized spacial score (nSPS) is 22.7.